The monoisotopic (exact) mass is 319 g/mol. The van der Waals surface area contributed by atoms with Crippen LogP contribution in [0.5, 0.6) is 0 Å². The smallest absolute Gasteiger partial charge is 0.389 e. The summed E-state index contributed by atoms with van der Waals surface area (Å²) in [5.74, 6) is -1.22. The molecule has 0 fully saturated rings. The summed E-state index contributed by atoms with van der Waals surface area (Å²) >= 11 is 0.970. The number of aryl methyl sites for hydroxylation is 1. The summed E-state index contributed by atoms with van der Waals surface area (Å²) in [6, 6.07) is 3.36. The van der Waals surface area contributed by atoms with Gasteiger partial charge in [-0.05, 0) is 18.6 Å². The number of carboxylic acids is 1. The summed E-state index contributed by atoms with van der Waals surface area (Å²) in [5.41, 5.74) is 1.00. The highest BCUT2D eigenvalue weighted by Gasteiger charge is 2.26. The second kappa shape index (κ2) is 6.33. The Morgan fingerprint density at radius 2 is 2.19 bits per heavy atom. The lowest BCUT2D eigenvalue weighted by atomic mass is 10.3. The first-order chi connectivity index (χ1) is 9.87. The van der Waals surface area contributed by atoms with Gasteiger partial charge in [0.15, 0.2) is 10.8 Å². The van der Waals surface area contributed by atoms with E-state index in [1.165, 1.54) is 10.8 Å². The SMILES string of the molecule is O=C(O)CSc1nc2cccnc2n1CCCC(F)(F)F. The van der Waals surface area contributed by atoms with Crippen LogP contribution in [0.3, 0.4) is 0 Å². The van der Waals surface area contributed by atoms with Gasteiger partial charge in [0.2, 0.25) is 0 Å². The fraction of sp³-hybridized carbons (Fsp3) is 0.417. The van der Waals surface area contributed by atoms with Crippen molar-refractivity contribution in [3.63, 3.8) is 0 Å². The van der Waals surface area contributed by atoms with Crippen LogP contribution in [-0.4, -0.2) is 37.5 Å². The molecule has 114 valence electrons. The number of imidazole rings is 1. The van der Waals surface area contributed by atoms with Gasteiger partial charge >= 0.3 is 12.1 Å². The summed E-state index contributed by atoms with van der Waals surface area (Å²) in [6.07, 6.45) is -3.69. The lowest BCUT2D eigenvalue weighted by Gasteiger charge is -2.09. The van der Waals surface area contributed by atoms with Crippen molar-refractivity contribution in [1.29, 1.82) is 0 Å². The Labute approximate surface area is 122 Å². The van der Waals surface area contributed by atoms with Gasteiger partial charge in [0.25, 0.3) is 0 Å². The fourth-order valence-corrected chi connectivity index (χ4v) is 2.56. The quantitative estimate of drug-likeness (QED) is 0.829. The van der Waals surface area contributed by atoms with E-state index in [2.05, 4.69) is 9.97 Å². The molecular weight excluding hydrogens is 307 g/mol. The van der Waals surface area contributed by atoms with Gasteiger partial charge in [-0.15, -0.1) is 0 Å². The van der Waals surface area contributed by atoms with Gasteiger partial charge in [0, 0.05) is 19.2 Å². The lowest BCUT2D eigenvalue weighted by Crippen LogP contribution is -2.10. The Kier molecular flexibility index (Phi) is 4.71. The molecule has 0 bridgehead atoms. The number of alkyl halides is 3. The van der Waals surface area contributed by atoms with Crippen LogP contribution in [0, 0.1) is 0 Å². The van der Waals surface area contributed by atoms with Crippen LogP contribution in [0.25, 0.3) is 11.2 Å². The maximum Gasteiger partial charge on any atom is 0.389 e. The summed E-state index contributed by atoms with van der Waals surface area (Å²) in [7, 11) is 0. The van der Waals surface area contributed by atoms with E-state index in [0.717, 1.165) is 11.8 Å². The molecule has 0 atom stereocenters. The van der Waals surface area contributed by atoms with Crippen molar-refractivity contribution in [2.75, 3.05) is 5.75 Å². The Hall–Kier alpha value is -1.77. The average Bonchev–Trinajstić information content (AvgIpc) is 2.73. The predicted molar refractivity (Wildman–Crippen MR) is 71.2 cm³/mol. The second-order valence-corrected chi connectivity index (χ2v) is 5.24. The molecule has 5 nitrogen and oxygen atoms in total. The number of hydrogen-bond acceptors (Lipinski definition) is 4. The third kappa shape index (κ3) is 4.35. The minimum atomic E-state index is -4.21. The van der Waals surface area contributed by atoms with Crippen LogP contribution in [0.1, 0.15) is 12.8 Å². The van der Waals surface area contributed by atoms with Crippen LogP contribution in [0.4, 0.5) is 13.2 Å². The number of carboxylic acid groups (broad SMARTS) is 1. The number of pyridine rings is 1. The number of nitrogens with zero attached hydrogens (tertiary/aromatic N) is 3. The van der Waals surface area contributed by atoms with Crippen LogP contribution >= 0.6 is 11.8 Å². The molecule has 0 aromatic carbocycles. The average molecular weight is 319 g/mol. The molecule has 0 aliphatic heterocycles. The van der Waals surface area contributed by atoms with E-state index in [0.29, 0.717) is 16.3 Å². The molecule has 0 radical (unpaired) electrons. The first kappa shape index (κ1) is 15.6. The molecule has 0 aliphatic carbocycles. The zero-order valence-corrected chi connectivity index (χ0v) is 11.6. The molecule has 2 aromatic heterocycles. The molecule has 0 amide bonds. The maximum absolute atomic E-state index is 12.2. The van der Waals surface area contributed by atoms with Gasteiger partial charge in [-0.1, -0.05) is 11.8 Å². The third-order valence-corrected chi connectivity index (χ3v) is 3.60. The number of halogens is 3. The molecule has 2 heterocycles. The first-order valence-electron chi connectivity index (χ1n) is 6.09. The van der Waals surface area contributed by atoms with Crippen molar-refractivity contribution >= 4 is 28.9 Å². The number of carbonyl (C=O) groups is 1. The van der Waals surface area contributed by atoms with E-state index in [9.17, 15) is 18.0 Å². The van der Waals surface area contributed by atoms with Crippen LogP contribution in [0.2, 0.25) is 0 Å². The van der Waals surface area contributed by atoms with Gasteiger partial charge in [0.1, 0.15) is 5.52 Å². The van der Waals surface area contributed by atoms with E-state index < -0.39 is 18.6 Å². The largest absolute Gasteiger partial charge is 0.481 e. The zero-order valence-electron chi connectivity index (χ0n) is 10.8. The van der Waals surface area contributed by atoms with Crippen molar-refractivity contribution in [2.45, 2.75) is 30.7 Å². The summed E-state index contributed by atoms with van der Waals surface area (Å²) < 4.78 is 38.2. The second-order valence-electron chi connectivity index (χ2n) is 4.29. The highest BCUT2D eigenvalue weighted by Crippen LogP contribution is 2.26. The molecule has 9 heteroatoms. The molecule has 0 aliphatic rings. The van der Waals surface area contributed by atoms with E-state index in [1.807, 2.05) is 0 Å². The van der Waals surface area contributed by atoms with Gasteiger partial charge in [0.05, 0.1) is 5.75 Å². The Morgan fingerprint density at radius 3 is 2.86 bits per heavy atom. The minimum Gasteiger partial charge on any atom is -0.481 e. The van der Waals surface area contributed by atoms with E-state index in [4.69, 9.17) is 5.11 Å². The number of fused-ring (bicyclic) bond motifs is 1. The molecule has 2 rings (SSSR count). The van der Waals surface area contributed by atoms with Gasteiger partial charge < -0.3 is 9.67 Å². The highest BCUT2D eigenvalue weighted by molar-refractivity contribution is 7.99. The molecule has 0 spiro atoms. The zero-order chi connectivity index (χ0) is 15.5. The Morgan fingerprint density at radius 1 is 1.43 bits per heavy atom. The van der Waals surface area contributed by atoms with Crippen LogP contribution < -0.4 is 0 Å². The van der Waals surface area contributed by atoms with Crippen molar-refractivity contribution in [2.24, 2.45) is 0 Å². The Balaban J connectivity index is 2.21. The van der Waals surface area contributed by atoms with E-state index in [-0.39, 0.29) is 18.7 Å². The standard InChI is InChI=1S/C12H12F3N3O2S/c13-12(14,15)4-2-6-18-10-8(3-1-5-16-10)17-11(18)21-7-9(19)20/h1,3,5H,2,4,6-7H2,(H,19,20). The van der Waals surface area contributed by atoms with Gasteiger partial charge in [-0.3, -0.25) is 4.79 Å². The first-order valence-corrected chi connectivity index (χ1v) is 7.08. The summed E-state index contributed by atoms with van der Waals surface area (Å²) in [6.45, 7) is 0.0922. The number of aliphatic carboxylic acids is 1. The van der Waals surface area contributed by atoms with Crippen molar-refractivity contribution in [3.8, 4) is 0 Å². The molecule has 2 aromatic rings. The number of rotatable bonds is 6. The normalized spacial score (nSPS) is 12.0. The van der Waals surface area contributed by atoms with Crippen molar-refractivity contribution in [1.82, 2.24) is 14.5 Å². The maximum atomic E-state index is 12.2. The fourth-order valence-electron chi connectivity index (χ4n) is 1.81. The summed E-state index contributed by atoms with van der Waals surface area (Å²) in [4.78, 5) is 18.9. The highest BCUT2D eigenvalue weighted by atomic mass is 32.2. The van der Waals surface area contributed by atoms with Crippen LogP contribution in [0.15, 0.2) is 23.5 Å². The molecular formula is C12H12F3N3O2S. The molecule has 21 heavy (non-hydrogen) atoms. The topological polar surface area (TPSA) is 68.0 Å². The molecule has 0 unspecified atom stereocenters. The molecule has 0 saturated carbocycles. The number of hydrogen-bond donors (Lipinski definition) is 1. The molecule has 0 saturated heterocycles. The van der Waals surface area contributed by atoms with E-state index in [1.54, 1.807) is 12.1 Å². The Bertz CT molecular complexity index is 642. The predicted octanol–water partition coefficient (Wildman–Crippen LogP) is 2.95. The summed E-state index contributed by atoms with van der Waals surface area (Å²) in [5, 5.41) is 9.07. The van der Waals surface area contributed by atoms with Crippen molar-refractivity contribution < 1.29 is 23.1 Å². The van der Waals surface area contributed by atoms with Gasteiger partial charge in [-0.25, -0.2) is 9.97 Å². The van der Waals surface area contributed by atoms with Crippen molar-refractivity contribution in [3.05, 3.63) is 18.3 Å². The number of aromatic nitrogens is 3. The van der Waals surface area contributed by atoms with Crippen LogP contribution in [-0.2, 0) is 11.3 Å². The minimum absolute atomic E-state index is 0.0922. The lowest BCUT2D eigenvalue weighted by molar-refractivity contribution is -0.136. The number of thioether (sulfide) groups is 1. The molecule has 1 N–H and O–H groups in total. The van der Waals surface area contributed by atoms with E-state index >= 15 is 0 Å². The third-order valence-electron chi connectivity index (χ3n) is 2.64. The van der Waals surface area contributed by atoms with Gasteiger partial charge in [-0.2, -0.15) is 13.2 Å².